The van der Waals surface area contributed by atoms with Gasteiger partial charge in [-0.1, -0.05) is 0 Å². The number of carboxylic acid groups (broad SMARTS) is 1. The van der Waals surface area contributed by atoms with Crippen molar-refractivity contribution in [2.45, 2.75) is 50.7 Å². The van der Waals surface area contributed by atoms with E-state index in [1.807, 2.05) is 0 Å². The minimum absolute atomic E-state index is 0.323. The minimum atomic E-state index is -0.978. The van der Waals surface area contributed by atoms with Crippen molar-refractivity contribution >= 4 is 28.2 Å². The highest BCUT2D eigenvalue weighted by Crippen LogP contribution is 2.45. The zero-order valence-corrected chi connectivity index (χ0v) is 13.9. The Morgan fingerprint density at radius 1 is 1.21 bits per heavy atom. The molecule has 2 bridgehead atoms. The molecule has 24 heavy (non-hydrogen) atoms. The number of nitrogens with one attached hydrogen (secondary N) is 1. The summed E-state index contributed by atoms with van der Waals surface area (Å²) in [6.07, 6.45) is 4.71. The van der Waals surface area contributed by atoms with Crippen molar-refractivity contribution < 1.29 is 19.4 Å². The first-order valence-corrected chi connectivity index (χ1v) is 9.15. The zero-order valence-electron chi connectivity index (χ0n) is 13.1. The van der Waals surface area contributed by atoms with Crippen molar-refractivity contribution in [3.05, 3.63) is 16.0 Å². The molecule has 126 valence electrons. The van der Waals surface area contributed by atoms with Gasteiger partial charge in [0, 0.05) is 4.88 Å². The van der Waals surface area contributed by atoms with Gasteiger partial charge < -0.3 is 15.2 Å². The summed E-state index contributed by atoms with van der Waals surface area (Å²) in [6, 6.07) is 2.22. The number of ether oxygens (including phenoxy) is 1. The normalized spacial score (nSPS) is 30.6. The first kappa shape index (κ1) is 15.6. The maximum Gasteiger partial charge on any atom is 0.310 e. The summed E-state index contributed by atoms with van der Waals surface area (Å²) in [7, 11) is 0. The standard InChI is InChI=1S/C17H18N2O4S/c18-7-9-8-3-1-2-4-12(8)24-16(9)19-15(20)13-10-5-6-11(23-10)14(13)17(21)22/h10-11,13-14H,1-6H2,(H,19,20)(H,21,22). The van der Waals surface area contributed by atoms with Gasteiger partial charge in [-0.25, -0.2) is 0 Å². The highest BCUT2D eigenvalue weighted by molar-refractivity contribution is 7.16. The quantitative estimate of drug-likeness (QED) is 0.875. The Labute approximate surface area is 143 Å². The summed E-state index contributed by atoms with van der Waals surface area (Å²) in [6.45, 7) is 0. The number of hydrogen-bond acceptors (Lipinski definition) is 5. The molecule has 0 saturated carbocycles. The molecule has 4 unspecified atom stereocenters. The number of nitriles is 1. The predicted octanol–water partition coefficient (Wildman–Crippen LogP) is 2.32. The van der Waals surface area contributed by atoms with Crippen LogP contribution in [0.1, 0.15) is 41.7 Å². The van der Waals surface area contributed by atoms with Gasteiger partial charge in [-0.2, -0.15) is 5.26 Å². The minimum Gasteiger partial charge on any atom is -0.481 e. The number of aliphatic carboxylic acids is 1. The van der Waals surface area contributed by atoms with E-state index in [2.05, 4.69) is 11.4 Å². The number of nitrogens with zero attached hydrogens (tertiary/aromatic N) is 1. The van der Waals surface area contributed by atoms with Gasteiger partial charge in [0.1, 0.15) is 11.1 Å². The average Bonchev–Trinajstić information content (AvgIpc) is 3.26. The lowest BCUT2D eigenvalue weighted by molar-refractivity contribution is -0.147. The second-order valence-corrected chi connectivity index (χ2v) is 7.80. The van der Waals surface area contributed by atoms with E-state index >= 15 is 0 Å². The fourth-order valence-electron chi connectivity index (χ4n) is 4.29. The Morgan fingerprint density at radius 3 is 2.62 bits per heavy atom. The predicted molar refractivity (Wildman–Crippen MR) is 86.8 cm³/mol. The highest BCUT2D eigenvalue weighted by Gasteiger charge is 2.55. The number of thiophene rings is 1. The smallest absolute Gasteiger partial charge is 0.310 e. The molecule has 7 heteroatoms. The number of rotatable bonds is 3. The van der Waals surface area contributed by atoms with Gasteiger partial charge in [-0.15, -0.1) is 11.3 Å². The third kappa shape index (κ3) is 2.33. The van der Waals surface area contributed by atoms with E-state index in [1.54, 1.807) is 0 Å². The van der Waals surface area contributed by atoms with Gasteiger partial charge in [0.05, 0.1) is 29.6 Å². The van der Waals surface area contributed by atoms with Gasteiger partial charge in [0.2, 0.25) is 5.91 Å². The summed E-state index contributed by atoms with van der Waals surface area (Å²) in [5.41, 5.74) is 1.61. The summed E-state index contributed by atoms with van der Waals surface area (Å²) >= 11 is 1.46. The Bertz CT molecular complexity index is 751. The summed E-state index contributed by atoms with van der Waals surface area (Å²) in [5, 5.41) is 22.3. The topological polar surface area (TPSA) is 99.4 Å². The lowest BCUT2D eigenvalue weighted by Crippen LogP contribution is -2.40. The molecule has 2 fully saturated rings. The largest absolute Gasteiger partial charge is 0.481 e. The number of carboxylic acids is 1. The van der Waals surface area contributed by atoms with Gasteiger partial charge in [0.15, 0.2) is 0 Å². The van der Waals surface area contributed by atoms with E-state index in [0.29, 0.717) is 17.0 Å². The van der Waals surface area contributed by atoms with E-state index in [-0.39, 0.29) is 18.1 Å². The molecule has 2 N–H and O–H groups in total. The van der Waals surface area contributed by atoms with Crippen molar-refractivity contribution in [2.75, 3.05) is 5.32 Å². The number of amides is 1. The molecule has 2 aliphatic heterocycles. The van der Waals surface area contributed by atoms with Crippen LogP contribution >= 0.6 is 11.3 Å². The van der Waals surface area contributed by atoms with Crippen LogP contribution in [-0.2, 0) is 27.2 Å². The molecular formula is C17H18N2O4S. The zero-order chi connectivity index (χ0) is 16.8. The van der Waals surface area contributed by atoms with Crippen LogP contribution < -0.4 is 5.32 Å². The third-order valence-electron chi connectivity index (χ3n) is 5.38. The van der Waals surface area contributed by atoms with Crippen LogP contribution in [0.4, 0.5) is 5.00 Å². The molecule has 1 amide bonds. The van der Waals surface area contributed by atoms with Gasteiger partial charge in [-0.3, -0.25) is 9.59 Å². The summed E-state index contributed by atoms with van der Waals surface area (Å²) in [4.78, 5) is 25.4. The molecule has 1 aromatic heterocycles. The van der Waals surface area contributed by atoms with Crippen molar-refractivity contribution in [1.29, 1.82) is 5.26 Å². The second kappa shape index (κ2) is 5.87. The fourth-order valence-corrected chi connectivity index (χ4v) is 5.53. The first-order chi connectivity index (χ1) is 11.6. The summed E-state index contributed by atoms with van der Waals surface area (Å²) in [5.74, 6) is -2.77. The van der Waals surface area contributed by atoms with Crippen LogP contribution in [0.15, 0.2) is 0 Å². The molecule has 3 aliphatic rings. The summed E-state index contributed by atoms with van der Waals surface area (Å²) < 4.78 is 5.65. The molecule has 6 nitrogen and oxygen atoms in total. The Morgan fingerprint density at radius 2 is 1.92 bits per heavy atom. The van der Waals surface area contributed by atoms with Crippen LogP contribution in [0.5, 0.6) is 0 Å². The average molecular weight is 346 g/mol. The maximum absolute atomic E-state index is 12.7. The van der Waals surface area contributed by atoms with Crippen LogP contribution in [-0.4, -0.2) is 29.2 Å². The fraction of sp³-hybridized carbons (Fsp3) is 0.588. The number of anilines is 1. The molecule has 1 aliphatic carbocycles. The lowest BCUT2D eigenvalue weighted by atomic mass is 9.78. The number of hydrogen-bond donors (Lipinski definition) is 2. The maximum atomic E-state index is 12.7. The number of aryl methyl sites for hydroxylation is 1. The Kier molecular flexibility index (Phi) is 3.82. The van der Waals surface area contributed by atoms with Gasteiger partial charge in [0.25, 0.3) is 0 Å². The van der Waals surface area contributed by atoms with Crippen molar-refractivity contribution in [3.8, 4) is 6.07 Å². The van der Waals surface area contributed by atoms with Crippen molar-refractivity contribution in [3.63, 3.8) is 0 Å². The molecule has 4 rings (SSSR count). The molecule has 0 aromatic carbocycles. The Hall–Kier alpha value is -1.91. The molecule has 0 spiro atoms. The van der Waals surface area contributed by atoms with E-state index < -0.39 is 17.8 Å². The van der Waals surface area contributed by atoms with Crippen LogP contribution in [0, 0.1) is 23.2 Å². The van der Waals surface area contributed by atoms with E-state index in [4.69, 9.17) is 4.74 Å². The molecule has 2 saturated heterocycles. The van der Waals surface area contributed by atoms with Crippen molar-refractivity contribution in [2.24, 2.45) is 11.8 Å². The lowest BCUT2D eigenvalue weighted by Gasteiger charge is -2.23. The van der Waals surface area contributed by atoms with Crippen molar-refractivity contribution in [1.82, 2.24) is 0 Å². The number of carbonyl (C=O) groups is 2. The van der Waals surface area contributed by atoms with Crippen LogP contribution in [0.2, 0.25) is 0 Å². The number of fused-ring (bicyclic) bond motifs is 3. The third-order valence-corrected chi connectivity index (χ3v) is 6.59. The van der Waals surface area contributed by atoms with E-state index in [0.717, 1.165) is 37.7 Å². The molecule has 4 atom stereocenters. The van der Waals surface area contributed by atoms with Crippen LogP contribution in [0.3, 0.4) is 0 Å². The molecule has 0 radical (unpaired) electrons. The monoisotopic (exact) mass is 346 g/mol. The van der Waals surface area contributed by atoms with Gasteiger partial charge in [-0.05, 0) is 44.1 Å². The first-order valence-electron chi connectivity index (χ1n) is 8.34. The van der Waals surface area contributed by atoms with E-state index in [1.165, 1.54) is 16.2 Å². The SMILES string of the molecule is N#Cc1c(NC(=O)C2C3CCC(O3)C2C(=O)O)sc2c1CCCC2. The van der Waals surface area contributed by atoms with Crippen LogP contribution in [0.25, 0.3) is 0 Å². The molecule has 1 aromatic rings. The second-order valence-electron chi connectivity index (χ2n) is 6.70. The van der Waals surface area contributed by atoms with E-state index in [9.17, 15) is 20.0 Å². The Balaban J connectivity index is 1.60. The highest BCUT2D eigenvalue weighted by atomic mass is 32.1. The molecular weight excluding hydrogens is 328 g/mol. The van der Waals surface area contributed by atoms with Gasteiger partial charge >= 0.3 is 5.97 Å². The number of carbonyl (C=O) groups excluding carboxylic acids is 1. The molecule has 3 heterocycles.